The molecule has 1 atom stereocenters. The van der Waals surface area contributed by atoms with E-state index in [1.165, 1.54) is 17.0 Å². The molecule has 2 N–H and O–H groups in total. The van der Waals surface area contributed by atoms with Crippen LogP contribution in [0.1, 0.15) is 34.0 Å². The van der Waals surface area contributed by atoms with Crippen LogP contribution in [0.25, 0.3) is 22.3 Å². The highest BCUT2D eigenvalue weighted by atomic mass is 19.1. The molecule has 6 rings (SSSR count). The van der Waals surface area contributed by atoms with E-state index >= 15 is 0 Å². The summed E-state index contributed by atoms with van der Waals surface area (Å²) in [5, 5.41) is 24.5. The third-order valence-electron chi connectivity index (χ3n) is 6.47. The topological polar surface area (TPSA) is 97.3 Å². The van der Waals surface area contributed by atoms with Crippen molar-refractivity contribution >= 4 is 10.9 Å². The Hall–Kier alpha value is -4.35. The van der Waals surface area contributed by atoms with Crippen LogP contribution in [0.2, 0.25) is 0 Å². The number of fused-ring (bicyclic) bond motifs is 3. The molecule has 1 aliphatic rings. The zero-order valence-electron chi connectivity index (χ0n) is 18.2. The Labute approximate surface area is 194 Å². The van der Waals surface area contributed by atoms with E-state index in [4.69, 9.17) is 0 Å². The first-order valence-electron chi connectivity index (χ1n) is 11.1. The SMILES string of the molecule is N#Cc1cccc(CN2CCc3c([nH]c4ccccc34)C2c2ccc(F)c(-c3nn[nH]n3)c2)c1. The zero-order chi connectivity index (χ0) is 23.1. The van der Waals surface area contributed by atoms with Crippen molar-refractivity contribution < 1.29 is 4.39 Å². The van der Waals surface area contributed by atoms with Crippen LogP contribution >= 0.6 is 0 Å². The fourth-order valence-corrected chi connectivity index (χ4v) is 4.97. The van der Waals surface area contributed by atoms with Gasteiger partial charge in [-0.2, -0.15) is 10.5 Å². The highest BCUT2D eigenvalue weighted by Gasteiger charge is 2.32. The molecule has 3 aromatic carbocycles. The maximum Gasteiger partial charge on any atom is 0.207 e. The third kappa shape index (κ3) is 3.43. The molecule has 0 saturated carbocycles. The number of halogens is 1. The summed E-state index contributed by atoms with van der Waals surface area (Å²) in [7, 11) is 0. The molecule has 0 saturated heterocycles. The molecule has 2 aromatic heterocycles. The highest BCUT2D eigenvalue weighted by Crippen LogP contribution is 2.40. The average molecular weight is 449 g/mol. The van der Waals surface area contributed by atoms with Gasteiger partial charge in [-0.1, -0.05) is 36.4 Å². The number of hydrogen-bond acceptors (Lipinski definition) is 5. The molecular weight excluding hydrogens is 429 g/mol. The number of rotatable bonds is 4. The van der Waals surface area contributed by atoms with Crippen LogP contribution in [0.4, 0.5) is 4.39 Å². The van der Waals surface area contributed by atoms with Gasteiger partial charge in [0.2, 0.25) is 5.82 Å². The highest BCUT2D eigenvalue weighted by molar-refractivity contribution is 5.85. The lowest BCUT2D eigenvalue weighted by Crippen LogP contribution is -2.35. The largest absolute Gasteiger partial charge is 0.357 e. The molecule has 0 bridgehead atoms. The second-order valence-electron chi connectivity index (χ2n) is 8.47. The lowest BCUT2D eigenvalue weighted by molar-refractivity contribution is 0.202. The maximum atomic E-state index is 14.7. The number of nitrogens with one attached hydrogen (secondary N) is 2. The lowest BCUT2D eigenvalue weighted by atomic mass is 9.91. The van der Waals surface area contributed by atoms with Crippen LogP contribution in [0.15, 0.2) is 66.7 Å². The van der Waals surface area contributed by atoms with Gasteiger partial charge in [0.15, 0.2) is 0 Å². The minimum atomic E-state index is -0.397. The van der Waals surface area contributed by atoms with Crippen molar-refractivity contribution in [3.63, 3.8) is 0 Å². The summed E-state index contributed by atoms with van der Waals surface area (Å²) in [4.78, 5) is 6.00. The van der Waals surface area contributed by atoms with Crippen molar-refractivity contribution in [3.05, 3.63) is 100 Å². The summed E-state index contributed by atoms with van der Waals surface area (Å²) in [5.74, 6) is -0.175. The van der Waals surface area contributed by atoms with Gasteiger partial charge in [0, 0.05) is 29.7 Å². The lowest BCUT2D eigenvalue weighted by Gasteiger charge is -2.36. The molecule has 0 fully saturated rings. The second kappa shape index (κ2) is 8.21. The first-order valence-corrected chi connectivity index (χ1v) is 11.1. The first kappa shape index (κ1) is 20.3. The van der Waals surface area contributed by atoms with Crippen LogP contribution in [0.5, 0.6) is 0 Å². The van der Waals surface area contributed by atoms with Crippen LogP contribution in [-0.2, 0) is 13.0 Å². The van der Waals surface area contributed by atoms with Crippen LogP contribution < -0.4 is 0 Å². The van der Waals surface area contributed by atoms with Crippen LogP contribution in [-0.4, -0.2) is 37.1 Å². The predicted octanol–water partition coefficient (Wildman–Crippen LogP) is 4.51. The van der Waals surface area contributed by atoms with E-state index in [1.807, 2.05) is 42.5 Å². The molecule has 3 heterocycles. The standard InChI is InChI=1S/C26H20FN7/c27-22-9-8-18(13-21(22)26-30-32-33-31-26)25-24-20(19-6-1-2-7-23(19)29-24)10-11-34(25)15-17-5-3-4-16(12-17)14-28/h1-9,12-13,25,29H,10-11,15H2,(H,30,31,32,33). The minimum Gasteiger partial charge on any atom is -0.357 e. The molecule has 0 radical (unpaired) electrons. The van der Waals surface area contributed by atoms with E-state index in [9.17, 15) is 9.65 Å². The monoisotopic (exact) mass is 449 g/mol. The molecule has 166 valence electrons. The summed E-state index contributed by atoms with van der Waals surface area (Å²) in [6.07, 6.45) is 0.896. The number of benzene rings is 3. The van der Waals surface area contributed by atoms with Crippen molar-refractivity contribution in [2.24, 2.45) is 0 Å². The van der Waals surface area contributed by atoms with Crippen molar-refractivity contribution in [1.82, 2.24) is 30.5 Å². The Morgan fingerprint density at radius 2 is 2.00 bits per heavy atom. The number of aromatic nitrogens is 5. The van der Waals surface area contributed by atoms with Gasteiger partial charge in [-0.3, -0.25) is 4.90 Å². The average Bonchev–Trinajstić information content (AvgIpc) is 3.53. The molecule has 5 aromatic rings. The van der Waals surface area contributed by atoms with Crippen LogP contribution in [0, 0.1) is 17.1 Å². The number of nitriles is 1. The molecule has 1 unspecified atom stereocenters. The minimum absolute atomic E-state index is 0.131. The number of aromatic amines is 2. The Bertz CT molecular complexity index is 1530. The van der Waals surface area contributed by atoms with Gasteiger partial charge < -0.3 is 4.98 Å². The molecular formula is C26H20FN7. The fraction of sp³-hybridized carbons (Fsp3) is 0.154. The van der Waals surface area contributed by atoms with Gasteiger partial charge in [0.25, 0.3) is 0 Å². The number of hydrogen-bond donors (Lipinski definition) is 2. The molecule has 7 nitrogen and oxygen atoms in total. The van der Waals surface area contributed by atoms with E-state index in [1.54, 1.807) is 0 Å². The number of para-hydroxylation sites is 1. The summed E-state index contributed by atoms with van der Waals surface area (Å²) in [5.41, 5.74) is 6.42. The Balaban J connectivity index is 1.49. The third-order valence-corrected chi connectivity index (χ3v) is 6.47. The van der Waals surface area contributed by atoms with Gasteiger partial charge in [0.05, 0.1) is 23.2 Å². The molecule has 1 aliphatic heterocycles. The summed E-state index contributed by atoms with van der Waals surface area (Å²) >= 11 is 0. The van der Waals surface area contributed by atoms with E-state index in [-0.39, 0.29) is 11.9 Å². The van der Waals surface area contributed by atoms with E-state index in [0.717, 1.165) is 35.3 Å². The smallest absolute Gasteiger partial charge is 0.207 e. The van der Waals surface area contributed by atoms with E-state index < -0.39 is 5.82 Å². The summed E-state index contributed by atoms with van der Waals surface area (Å²) in [6.45, 7) is 1.48. The van der Waals surface area contributed by atoms with E-state index in [0.29, 0.717) is 17.7 Å². The number of tetrazole rings is 1. The summed E-state index contributed by atoms with van der Waals surface area (Å²) < 4.78 is 14.7. The van der Waals surface area contributed by atoms with Gasteiger partial charge in [0.1, 0.15) is 5.82 Å². The maximum absolute atomic E-state index is 14.7. The zero-order valence-corrected chi connectivity index (χ0v) is 18.2. The van der Waals surface area contributed by atoms with Gasteiger partial charge in [-0.05, 0) is 58.7 Å². The molecule has 0 spiro atoms. The summed E-state index contributed by atoms with van der Waals surface area (Å²) in [6, 6.07) is 23.2. The molecule has 0 amide bonds. The molecule has 34 heavy (non-hydrogen) atoms. The van der Waals surface area contributed by atoms with Gasteiger partial charge >= 0.3 is 0 Å². The molecule has 0 aliphatic carbocycles. The van der Waals surface area contributed by atoms with E-state index in [2.05, 4.69) is 54.8 Å². The van der Waals surface area contributed by atoms with Gasteiger partial charge in [-0.25, -0.2) is 4.39 Å². The van der Waals surface area contributed by atoms with Crippen molar-refractivity contribution in [3.8, 4) is 17.5 Å². The fourth-order valence-electron chi connectivity index (χ4n) is 4.97. The van der Waals surface area contributed by atoms with Crippen molar-refractivity contribution in [2.45, 2.75) is 19.0 Å². The van der Waals surface area contributed by atoms with Crippen LogP contribution in [0.3, 0.4) is 0 Å². The molecule has 8 heteroatoms. The Morgan fingerprint density at radius 1 is 1.09 bits per heavy atom. The van der Waals surface area contributed by atoms with Crippen molar-refractivity contribution in [1.29, 1.82) is 5.26 Å². The Morgan fingerprint density at radius 3 is 2.85 bits per heavy atom. The Kier molecular flexibility index (Phi) is 4.90. The normalized spacial score (nSPS) is 15.8. The number of H-pyrrole nitrogens is 2. The number of nitrogens with zero attached hydrogens (tertiary/aromatic N) is 5. The van der Waals surface area contributed by atoms with Gasteiger partial charge in [-0.15, -0.1) is 10.2 Å². The predicted molar refractivity (Wildman–Crippen MR) is 125 cm³/mol. The second-order valence-corrected chi connectivity index (χ2v) is 8.47. The quantitative estimate of drug-likeness (QED) is 0.421. The van der Waals surface area contributed by atoms with Crippen molar-refractivity contribution in [2.75, 3.05) is 6.54 Å². The first-order chi connectivity index (χ1) is 16.7.